The second-order valence-electron chi connectivity index (χ2n) is 8.56. The van der Waals surface area contributed by atoms with Crippen molar-refractivity contribution in [3.8, 4) is 0 Å². The van der Waals surface area contributed by atoms with Gasteiger partial charge in [0.15, 0.2) is 5.13 Å². The average Bonchev–Trinajstić information content (AvgIpc) is 3.23. The molecule has 0 bridgehead atoms. The van der Waals surface area contributed by atoms with Crippen LogP contribution in [0.3, 0.4) is 0 Å². The quantitative estimate of drug-likeness (QED) is 0.803. The van der Waals surface area contributed by atoms with Crippen LogP contribution in [0.25, 0.3) is 0 Å². The number of hydrogen-bond acceptors (Lipinski definition) is 6. The first-order valence-electron chi connectivity index (χ1n) is 9.84. The van der Waals surface area contributed by atoms with Gasteiger partial charge in [0.05, 0.1) is 12.1 Å². The molecule has 3 heterocycles. The highest BCUT2D eigenvalue weighted by atomic mass is 32.1. The van der Waals surface area contributed by atoms with Gasteiger partial charge in [-0.05, 0) is 34.6 Å². The molecule has 0 spiro atoms. The van der Waals surface area contributed by atoms with Gasteiger partial charge in [-0.1, -0.05) is 0 Å². The smallest absolute Gasteiger partial charge is 0.410 e. The lowest BCUT2D eigenvalue weighted by Crippen LogP contribution is -2.60. The lowest BCUT2D eigenvalue weighted by atomic mass is 10.1. The Morgan fingerprint density at radius 2 is 1.90 bits per heavy atom. The van der Waals surface area contributed by atoms with Crippen molar-refractivity contribution in [1.82, 2.24) is 20.1 Å². The standard InChI is InChI=1S/C19H29N5O4S/c1-12-10-24(18(27)28-19(3,4)5)13(2)9-23(12)15(25)8-14-11-29-17(21-14)22-7-6-20-16(22)26/h11-13H,6-10H2,1-5H3,(H,20,26)/t12-,13-/m1/s1. The summed E-state index contributed by atoms with van der Waals surface area (Å²) in [6, 6.07) is -0.407. The van der Waals surface area contributed by atoms with Crippen LogP contribution in [0, 0.1) is 0 Å². The van der Waals surface area contributed by atoms with E-state index in [9.17, 15) is 14.4 Å². The molecule has 1 aromatic rings. The number of piperazine rings is 1. The van der Waals surface area contributed by atoms with E-state index < -0.39 is 5.60 Å². The largest absolute Gasteiger partial charge is 0.444 e. The third kappa shape index (κ3) is 4.98. The van der Waals surface area contributed by atoms with Gasteiger partial charge in [0, 0.05) is 43.6 Å². The van der Waals surface area contributed by atoms with E-state index in [4.69, 9.17) is 4.74 Å². The Labute approximate surface area is 175 Å². The van der Waals surface area contributed by atoms with Crippen LogP contribution in [-0.4, -0.2) is 76.7 Å². The third-order valence-corrected chi connectivity index (χ3v) is 5.81. The van der Waals surface area contributed by atoms with Crippen molar-refractivity contribution in [1.29, 1.82) is 0 Å². The molecule has 0 aromatic carbocycles. The van der Waals surface area contributed by atoms with Gasteiger partial charge in [0.1, 0.15) is 5.60 Å². The number of nitrogens with one attached hydrogen (secondary N) is 1. The summed E-state index contributed by atoms with van der Waals surface area (Å²) in [5, 5.41) is 5.18. The second kappa shape index (κ2) is 8.17. The fraction of sp³-hybridized carbons (Fsp3) is 0.684. The summed E-state index contributed by atoms with van der Waals surface area (Å²) >= 11 is 1.36. The van der Waals surface area contributed by atoms with Gasteiger partial charge in [-0.25, -0.2) is 14.6 Å². The molecule has 1 aromatic heterocycles. The Kier molecular flexibility index (Phi) is 6.02. The molecule has 1 N–H and O–H groups in total. The van der Waals surface area contributed by atoms with Crippen molar-refractivity contribution in [3.63, 3.8) is 0 Å². The van der Waals surface area contributed by atoms with Crippen molar-refractivity contribution in [2.45, 2.75) is 58.7 Å². The van der Waals surface area contributed by atoms with E-state index in [-0.39, 0.29) is 36.5 Å². The predicted octanol–water partition coefficient (Wildman–Crippen LogP) is 2.07. The van der Waals surface area contributed by atoms with Crippen LogP contribution in [-0.2, 0) is 16.0 Å². The molecule has 0 aliphatic carbocycles. The van der Waals surface area contributed by atoms with E-state index in [2.05, 4.69) is 10.3 Å². The Morgan fingerprint density at radius 3 is 2.52 bits per heavy atom. The van der Waals surface area contributed by atoms with Gasteiger partial charge < -0.3 is 19.9 Å². The Morgan fingerprint density at radius 1 is 1.24 bits per heavy atom. The molecule has 0 saturated carbocycles. The lowest BCUT2D eigenvalue weighted by molar-refractivity contribution is -0.136. The van der Waals surface area contributed by atoms with Crippen molar-refractivity contribution in [2.75, 3.05) is 31.1 Å². The van der Waals surface area contributed by atoms with Crippen LogP contribution >= 0.6 is 11.3 Å². The van der Waals surface area contributed by atoms with Crippen molar-refractivity contribution < 1.29 is 19.1 Å². The molecule has 160 valence electrons. The topological polar surface area (TPSA) is 95.1 Å². The molecule has 0 radical (unpaired) electrons. The number of carbonyl (C=O) groups is 3. The van der Waals surface area contributed by atoms with E-state index in [1.54, 1.807) is 14.7 Å². The molecular formula is C19H29N5O4S. The summed E-state index contributed by atoms with van der Waals surface area (Å²) in [4.78, 5) is 46.6. The Bertz CT molecular complexity index is 790. The summed E-state index contributed by atoms with van der Waals surface area (Å²) in [5.41, 5.74) is 0.103. The van der Waals surface area contributed by atoms with E-state index >= 15 is 0 Å². The highest BCUT2D eigenvalue weighted by Gasteiger charge is 2.36. The first kappa shape index (κ1) is 21.4. The zero-order valence-corrected chi connectivity index (χ0v) is 18.4. The summed E-state index contributed by atoms with van der Waals surface area (Å²) in [7, 11) is 0. The number of aromatic nitrogens is 1. The number of rotatable bonds is 3. The molecule has 2 atom stereocenters. The van der Waals surface area contributed by atoms with Crippen molar-refractivity contribution in [2.24, 2.45) is 0 Å². The number of urea groups is 1. The number of carbonyl (C=O) groups excluding carboxylic acids is 3. The highest BCUT2D eigenvalue weighted by molar-refractivity contribution is 7.14. The van der Waals surface area contributed by atoms with Gasteiger partial charge in [0.25, 0.3) is 0 Å². The van der Waals surface area contributed by atoms with Gasteiger partial charge >= 0.3 is 12.1 Å². The first-order chi connectivity index (χ1) is 13.5. The Hall–Kier alpha value is -2.36. The summed E-state index contributed by atoms with van der Waals surface area (Å²) in [6.45, 7) is 11.4. The predicted molar refractivity (Wildman–Crippen MR) is 110 cm³/mol. The lowest BCUT2D eigenvalue weighted by Gasteiger charge is -2.44. The molecule has 29 heavy (non-hydrogen) atoms. The van der Waals surface area contributed by atoms with Crippen LogP contribution < -0.4 is 10.2 Å². The number of hydrogen-bond donors (Lipinski definition) is 1. The maximum Gasteiger partial charge on any atom is 0.410 e. The molecule has 3 rings (SSSR count). The molecule has 2 fully saturated rings. The fourth-order valence-corrected chi connectivity index (χ4v) is 4.31. The molecule has 10 heteroatoms. The van der Waals surface area contributed by atoms with E-state index in [1.165, 1.54) is 11.3 Å². The molecular weight excluding hydrogens is 394 g/mol. The number of anilines is 1. The monoisotopic (exact) mass is 423 g/mol. The molecule has 0 unspecified atom stereocenters. The maximum atomic E-state index is 12.9. The van der Waals surface area contributed by atoms with Crippen LogP contribution in [0.5, 0.6) is 0 Å². The minimum Gasteiger partial charge on any atom is -0.444 e. The fourth-order valence-electron chi connectivity index (χ4n) is 3.46. The van der Waals surface area contributed by atoms with E-state index in [0.717, 1.165) is 0 Å². The number of thiazole rings is 1. The summed E-state index contributed by atoms with van der Waals surface area (Å²) in [5.74, 6) is -0.0316. The first-order valence-corrected chi connectivity index (χ1v) is 10.7. The van der Waals surface area contributed by atoms with Gasteiger partial charge in [-0.3, -0.25) is 9.69 Å². The van der Waals surface area contributed by atoms with Gasteiger partial charge in [-0.2, -0.15) is 0 Å². The third-order valence-electron chi connectivity index (χ3n) is 4.89. The zero-order chi connectivity index (χ0) is 21.3. The minimum absolute atomic E-state index is 0.0316. The summed E-state index contributed by atoms with van der Waals surface area (Å²) < 4.78 is 5.49. The van der Waals surface area contributed by atoms with Gasteiger partial charge in [0.2, 0.25) is 5.91 Å². The molecule has 9 nitrogen and oxygen atoms in total. The zero-order valence-electron chi connectivity index (χ0n) is 17.6. The summed E-state index contributed by atoms with van der Waals surface area (Å²) in [6.07, 6.45) is -0.174. The average molecular weight is 424 g/mol. The van der Waals surface area contributed by atoms with Crippen molar-refractivity contribution in [3.05, 3.63) is 11.1 Å². The molecule has 2 saturated heterocycles. The SMILES string of the molecule is C[C@@H]1CN(C(=O)OC(C)(C)C)[C@H](C)CN1C(=O)Cc1csc(N2CCNC2=O)n1. The van der Waals surface area contributed by atoms with Gasteiger partial charge in [-0.15, -0.1) is 11.3 Å². The molecule has 2 aliphatic heterocycles. The number of nitrogens with zero attached hydrogens (tertiary/aromatic N) is 4. The second-order valence-corrected chi connectivity index (χ2v) is 9.40. The molecule has 2 aliphatic rings. The maximum absolute atomic E-state index is 12.9. The van der Waals surface area contributed by atoms with E-state index in [1.807, 2.05) is 40.0 Å². The highest BCUT2D eigenvalue weighted by Crippen LogP contribution is 2.24. The van der Waals surface area contributed by atoms with Crippen LogP contribution in [0.15, 0.2) is 5.38 Å². The molecule has 4 amide bonds. The minimum atomic E-state index is -0.554. The van der Waals surface area contributed by atoms with Crippen molar-refractivity contribution >= 4 is 34.5 Å². The number of amides is 4. The van der Waals surface area contributed by atoms with Crippen LogP contribution in [0.2, 0.25) is 0 Å². The van der Waals surface area contributed by atoms with Crippen LogP contribution in [0.4, 0.5) is 14.7 Å². The Balaban J connectivity index is 1.60. The van der Waals surface area contributed by atoms with E-state index in [0.29, 0.717) is 37.0 Å². The number of ether oxygens (including phenoxy) is 1. The van der Waals surface area contributed by atoms with Crippen LogP contribution in [0.1, 0.15) is 40.3 Å². The normalized spacial score (nSPS) is 22.7.